The maximum absolute atomic E-state index is 11.6. The molecule has 1 rings (SSSR count). The summed E-state index contributed by atoms with van der Waals surface area (Å²) in [6, 6.07) is 7.77. The predicted octanol–water partition coefficient (Wildman–Crippen LogP) is 2.39. The van der Waals surface area contributed by atoms with Gasteiger partial charge in [-0.05, 0) is 37.1 Å². The molecule has 1 N–H and O–H groups in total. The Balaban J connectivity index is 2.42. The number of rotatable bonds is 10. The Bertz CT molecular complexity index is 486. The molecule has 0 atom stereocenters. The van der Waals surface area contributed by atoms with E-state index in [1.54, 1.807) is 0 Å². The molecule has 0 aromatic heterocycles. The van der Waals surface area contributed by atoms with Gasteiger partial charge in [-0.15, -0.1) is 0 Å². The molecule has 0 unspecified atom stereocenters. The summed E-state index contributed by atoms with van der Waals surface area (Å²) in [6.07, 6.45) is 1.76. The maximum Gasteiger partial charge on any atom is 0.153 e. The van der Waals surface area contributed by atoms with Gasteiger partial charge in [0, 0.05) is 6.54 Å². The number of hydrogen-bond acceptors (Lipinski definition) is 4. The minimum Gasteiger partial charge on any atom is -0.493 e. The second-order valence-electron chi connectivity index (χ2n) is 4.82. The smallest absolute Gasteiger partial charge is 0.153 e. The monoisotopic (exact) mass is 299 g/mol. The fraction of sp³-hybridized carbons (Fsp3) is 0.600. The SMILES string of the molecule is CCCNCc1cccc(OCCS(=O)(=O)CCC)c1. The van der Waals surface area contributed by atoms with Gasteiger partial charge >= 0.3 is 0 Å². The van der Waals surface area contributed by atoms with Crippen LogP contribution in [0.25, 0.3) is 0 Å². The predicted molar refractivity (Wildman–Crippen MR) is 82.9 cm³/mol. The topological polar surface area (TPSA) is 55.4 Å². The first-order valence-electron chi connectivity index (χ1n) is 7.20. The van der Waals surface area contributed by atoms with Crippen molar-refractivity contribution in [2.75, 3.05) is 24.7 Å². The van der Waals surface area contributed by atoms with Crippen molar-refractivity contribution in [3.8, 4) is 5.75 Å². The van der Waals surface area contributed by atoms with Gasteiger partial charge in [0.05, 0.1) is 11.5 Å². The summed E-state index contributed by atoms with van der Waals surface area (Å²) in [5.41, 5.74) is 1.15. The van der Waals surface area contributed by atoms with Crippen LogP contribution < -0.4 is 10.1 Å². The van der Waals surface area contributed by atoms with E-state index in [1.807, 2.05) is 31.2 Å². The first-order chi connectivity index (χ1) is 9.57. The van der Waals surface area contributed by atoms with Crippen LogP contribution in [0.15, 0.2) is 24.3 Å². The lowest BCUT2D eigenvalue weighted by Crippen LogP contribution is -2.17. The van der Waals surface area contributed by atoms with E-state index in [4.69, 9.17) is 4.74 Å². The van der Waals surface area contributed by atoms with E-state index in [-0.39, 0.29) is 18.1 Å². The highest BCUT2D eigenvalue weighted by Crippen LogP contribution is 2.13. The normalized spacial score (nSPS) is 11.5. The van der Waals surface area contributed by atoms with Crippen molar-refractivity contribution in [3.63, 3.8) is 0 Å². The van der Waals surface area contributed by atoms with Crippen molar-refractivity contribution in [1.82, 2.24) is 5.32 Å². The minimum atomic E-state index is -2.97. The van der Waals surface area contributed by atoms with Crippen LogP contribution in [0.1, 0.15) is 32.3 Å². The van der Waals surface area contributed by atoms with Gasteiger partial charge in [-0.2, -0.15) is 0 Å². The number of benzene rings is 1. The third-order valence-electron chi connectivity index (χ3n) is 2.83. The lowest BCUT2D eigenvalue weighted by Gasteiger charge is -2.09. The summed E-state index contributed by atoms with van der Waals surface area (Å²) in [5, 5.41) is 3.32. The molecule has 1 aromatic rings. The van der Waals surface area contributed by atoms with Crippen molar-refractivity contribution < 1.29 is 13.2 Å². The zero-order valence-corrected chi connectivity index (χ0v) is 13.2. The van der Waals surface area contributed by atoms with E-state index in [0.717, 1.165) is 30.8 Å². The van der Waals surface area contributed by atoms with Crippen LogP contribution in [0.2, 0.25) is 0 Å². The van der Waals surface area contributed by atoms with E-state index in [0.29, 0.717) is 6.42 Å². The Morgan fingerprint density at radius 1 is 1.15 bits per heavy atom. The second-order valence-corrected chi connectivity index (χ2v) is 7.13. The molecule has 0 heterocycles. The van der Waals surface area contributed by atoms with Gasteiger partial charge in [-0.1, -0.05) is 26.0 Å². The zero-order valence-electron chi connectivity index (χ0n) is 12.4. The van der Waals surface area contributed by atoms with Gasteiger partial charge in [0.15, 0.2) is 9.84 Å². The molecule has 0 radical (unpaired) electrons. The van der Waals surface area contributed by atoms with Crippen LogP contribution in [-0.2, 0) is 16.4 Å². The van der Waals surface area contributed by atoms with Crippen LogP contribution in [0.5, 0.6) is 5.75 Å². The molecule has 0 aliphatic rings. The molecule has 5 heteroatoms. The highest BCUT2D eigenvalue weighted by atomic mass is 32.2. The lowest BCUT2D eigenvalue weighted by atomic mass is 10.2. The van der Waals surface area contributed by atoms with Gasteiger partial charge in [0.2, 0.25) is 0 Å². The van der Waals surface area contributed by atoms with E-state index in [1.165, 1.54) is 0 Å². The zero-order chi connectivity index (χ0) is 14.8. The van der Waals surface area contributed by atoms with Crippen molar-refractivity contribution in [2.24, 2.45) is 0 Å². The molecule has 0 spiro atoms. The van der Waals surface area contributed by atoms with Gasteiger partial charge in [-0.25, -0.2) is 8.42 Å². The molecule has 114 valence electrons. The molecule has 0 aliphatic heterocycles. The average Bonchev–Trinajstić information content (AvgIpc) is 2.39. The highest BCUT2D eigenvalue weighted by Gasteiger charge is 2.09. The summed E-state index contributed by atoms with van der Waals surface area (Å²) >= 11 is 0. The maximum atomic E-state index is 11.6. The average molecular weight is 299 g/mol. The summed E-state index contributed by atoms with van der Waals surface area (Å²) in [6.45, 7) is 6.00. The van der Waals surface area contributed by atoms with Gasteiger partial charge in [0.1, 0.15) is 12.4 Å². The Morgan fingerprint density at radius 3 is 2.65 bits per heavy atom. The standard InChI is InChI=1S/C15H25NO3S/c1-3-8-16-13-14-6-5-7-15(12-14)19-9-11-20(17,18)10-4-2/h5-7,12,16H,3-4,8-11,13H2,1-2H3. The third-order valence-corrected chi connectivity index (χ3v) is 4.65. The Morgan fingerprint density at radius 2 is 1.95 bits per heavy atom. The second kappa shape index (κ2) is 8.97. The summed E-state index contributed by atoms with van der Waals surface area (Å²) in [4.78, 5) is 0. The number of hydrogen-bond donors (Lipinski definition) is 1. The molecule has 0 saturated carbocycles. The van der Waals surface area contributed by atoms with Crippen molar-refractivity contribution in [1.29, 1.82) is 0 Å². The van der Waals surface area contributed by atoms with Gasteiger partial charge in [-0.3, -0.25) is 0 Å². The largest absolute Gasteiger partial charge is 0.493 e. The summed E-state index contributed by atoms with van der Waals surface area (Å²) < 4.78 is 28.7. The first-order valence-corrected chi connectivity index (χ1v) is 9.02. The molecule has 1 aromatic carbocycles. The number of nitrogens with one attached hydrogen (secondary N) is 1. The number of ether oxygens (including phenoxy) is 1. The molecule has 0 saturated heterocycles. The molecule has 0 aliphatic carbocycles. The van der Waals surface area contributed by atoms with Crippen LogP contribution in [-0.4, -0.2) is 33.1 Å². The van der Waals surface area contributed by atoms with Crippen molar-refractivity contribution in [2.45, 2.75) is 33.2 Å². The first kappa shape index (κ1) is 17.0. The van der Waals surface area contributed by atoms with E-state index in [2.05, 4.69) is 12.2 Å². The number of sulfone groups is 1. The van der Waals surface area contributed by atoms with E-state index >= 15 is 0 Å². The molecule has 0 bridgehead atoms. The molecular formula is C15H25NO3S. The molecule has 0 amide bonds. The van der Waals surface area contributed by atoms with Crippen LogP contribution in [0.3, 0.4) is 0 Å². The molecular weight excluding hydrogens is 274 g/mol. The Kier molecular flexibility index (Phi) is 7.62. The summed E-state index contributed by atoms with van der Waals surface area (Å²) in [5.74, 6) is 1.05. The fourth-order valence-electron chi connectivity index (χ4n) is 1.85. The lowest BCUT2D eigenvalue weighted by molar-refractivity contribution is 0.340. The fourth-order valence-corrected chi connectivity index (χ4v) is 3.02. The van der Waals surface area contributed by atoms with Gasteiger partial charge < -0.3 is 10.1 Å². The Hall–Kier alpha value is -1.07. The highest BCUT2D eigenvalue weighted by molar-refractivity contribution is 7.91. The quantitative estimate of drug-likeness (QED) is 0.674. The van der Waals surface area contributed by atoms with Gasteiger partial charge in [0.25, 0.3) is 0 Å². The van der Waals surface area contributed by atoms with Crippen molar-refractivity contribution in [3.05, 3.63) is 29.8 Å². The molecule has 0 fully saturated rings. The van der Waals surface area contributed by atoms with Crippen LogP contribution in [0, 0.1) is 0 Å². The van der Waals surface area contributed by atoms with Crippen LogP contribution >= 0.6 is 0 Å². The van der Waals surface area contributed by atoms with E-state index < -0.39 is 9.84 Å². The minimum absolute atomic E-state index is 0.0825. The van der Waals surface area contributed by atoms with Crippen LogP contribution in [0.4, 0.5) is 0 Å². The molecule has 20 heavy (non-hydrogen) atoms. The molecule has 4 nitrogen and oxygen atoms in total. The summed E-state index contributed by atoms with van der Waals surface area (Å²) in [7, 11) is -2.97. The Labute approximate surface area is 122 Å². The van der Waals surface area contributed by atoms with Crippen molar-refractivity contribution >= 4 is 9.84 Å². The third kappa shape index (κ3) is 6.91. The van der Waals surface area contributed by atoms with E-state index in [9.17, 15) is 8.42 Å².